The molecule has 1 aliphatic heterocycles. The molecule has 0 radical (unpaired) electrons. The highest BCUT2D eigenvalue weighted by Gasteiger charge is 2.36. The zero-order valence-electron chi connectivity index (χ0n) is 15.6. The number of hydrogen-bond donors (Lipinski definition) is 0. The summed E-state index contributed by atoms with van der Waals surface area (Å²) in [7, 11) is -3.58. The van der Waals surface area contributed by atoms with Crippen molar-refractivity contribution in [2.75, 3.05) is 12.8 Å². The van der Waals surface area contributed by atoms with Crippen LogP contribution in [0, 0.1) is 0 Å². The van der Waals surface area contributed by atoms with E-state index in [-0.39, 0.29) is 12.6 Å². The monoisotopic (exact) mass is 403 g/mol. The van der Waals surface area contributed by atoms with Crippen LogP contribution in [0.1, 0.15) is 39.2 Å². The fourth-order valence-electron chi connectivity index (χ4n) is 2.97. The summed E-state index contributed by atoms with van der Waals surface area (Å²) in [4.78, 5) is 14.2. The Morgan fingerprint density at radius 1 is 1.23 bits per heavy atom. The first-order valence-corrected chi connectivity index (χ1v) is 10.7. The summed E-state index contributed by atoms with van der Waals surface area (Å²) >= 11 is 5.93. The number of benzene rings is 1. The number of halogens is 1. The Kier molecular flexibility index (Phi) is 6.58. The van der Waals surface area contributed by atoms with Crippen molar-refractivity contribution in [3.05, 3.63) is 34.9 Å². The van der Waals surface area contributed by atoms with Gasteiger partial charge in [0.05, 0.1) is 18.9 Å². The topological polar surface area (TPSA) is 72.9 Å². The summed E-state index contributed by atoms with van der Waals surface area (Å²) in [6.07, 6.45) is 1.83. The number of likely N-dealkylation sites (tertiary alicyclic amines) is 1. The van der Waals surface area contributed by atoms with Crippen LogP contribution >= 0.6 is 11.6 Å². The molecule has 1 saturated heterocycles. The van der Waals surface area contributed by atoms with Crippen molar-refractivity contribution in [2.24, 2.45) is 0 Å². The molecule has 8 heteroatoms. The smallest absolute Gasteiger partial charge is 0.410 e. The summed E-state index contributed by atoms with van der Waals surface area (Å²) in [6, 6.07) is 7.38. The van der Waals surface area contributed by atoms with Crippen LogP contribution in [-0.4, -0.2) is 50.0 Å². The van der Waals surface area contributed by atoms with Gasteiger partial charge in [0.15, 0.2) is 0 Å². The first-order chi connectivity index (χ1) is 11.9. The number of rotatable bonds is 4. The summed E-state index contributed by atoms with van der Waals surface area (Å²) < 4.78 is 33.5. The van der Waals surface area contributed by atoms with Gasteiger partial charge in [-0.1, -0.05) is 23.7 Å². The third-order valence-corrected chi connectivity index (χ3v) is 4.86. The third-order valence-electron chi connectivity index (χ3n) is 3.99. The van der Waals surface area contributed by atoms with Crippen molar-refractivity contribution >= 4 is 27.8 Å². The fraction of sp³-hybridized carbons (Fsp3) is 0.611. The van der Waals surface area contributed by atoms with Crippen LogP contribution in [0.25, 0.3) is 0 Å². The highest BCUT2D eigenvalue weighted by molar-refractivity contribution is 7.86. The molecule has 1 aromatic carbocycles. The summed E-state index contributed by atoms with van der Waals surface area (Å²) in [6.45, 7) is 5.58. The van der Waals surface area contributed by atoms with Crippen molar-refractivity contribution < 1.29 is 22.1 Å². The van der Waals surface area contributed by atoms with Gasteiger partial charge in [-0.3, -0.25) is 4.18 Å². The van der Waals surface area contributed by atoms with Gasteiger partial charge in [-0.25, -0.2) is 4.79 Å². The second-order valence-corrected chi connectivity index (χ2v) is 9.65. The lowest BCUT2D eigenvalue weighted by Gasteiger charge is -2.39. The molecular formula is C18H26ClNO5S. The predicted molar refractivity (Wildman–Crippen MR) is 101 cm³/mol. The zero-order chi connectivity index (χ0) is 19.5. The quantitative estimate of drug-likeness (QED) is 0.718. The Bertz CT molecular complexity index is 727. The second-order valence-electron chi connectivity index (χ2n) is 7.62. The predicted octanol–water partition coefficient (Wildman–Crippen LogP) is 3.63. The molecule has 0 bridgehead atoms. The number of carbonyl (C=O) groups excluding carboxylic acids is 1. The van der Waals surface area contributed by atoms with Gasteiger partial charge >= 0.3 is 6.09 Å². The molecule has 1 aromatic rings. The van der Waals surface area contributed by atoms with Crippen LogP contribution in [-0.2, 0) is 25.5 Å². The number of piperidine rings is 1. The molecule has 2 rings (SSSR count). The molecule has 0 aliphatic carbocycles. The maximum atomic E-state index is 12.7. The van der Waals surface area contributed by atoms with Crippen LogP contribution in [0.15, 0.2) is 24.3 Å². The SMILES string of the molecule is CC(C)(C)OC(=O)N1C[C@@H](OS(C)(=O)=O)CC[C@@H]1Cc1ccc(Cl)cc1. The highest BCUT2D eigenvalue weighted by Crippen LogP contribution is 2.26. The average Bonchev–Trinajstić information content (AvgIpc) is 2.47. The van der Waals surface area contributed by atoms with Crippen LogP contribution in [0.3, 0.4) is 0 Å². The normalized spacial score (nSPS) is 21.5. The fourth-order valence-corrected chi connectivity index (χ4v) is 3.75. The Morgan fingerprint density at radius 3 is 2.38 bits per heavy atom. The van der Waals surface area contributed by atoms with Crippen LogP contribution in [0.5, 0.6) is 0 Å². The maximum Gasteiger partial charge on any atom is 0.410 e. The van der Waals surface area contributed by atoms with E-state index in [0.717, 1.165) is 11.8 Å². The van der Waals surface area contributed by atoms with E-state index in [2.05, 4.69) is 0 Å². The minimum atomic E-state index is -3.58. The molecule has 1 amide bonds. The number of carbonyl (C=O) groups is 1. The molecule has 1 heterocycles. The van der Waals surface area contributed by atoms with E-state index in [1.165, 1.54) is 0 Å². The standard InChI is InChI=1S/C18H26ClNO5S/c1-18(2,3)24-17(21)20-12-16(25-26(4,22)23)10-9-15(20)11-13-5-7-14(19)8-6-13/h5-8,15-16H,9-12H2,1-4H3/t15-,16+/m1/s1. The van der Waals surface area contributed by atoms with Crippen molar-refractivity contribution in [2.45, 2.75) is 57.8 Å². The van der Waals surface area contributed by atoms with E-state index in [1.54, 1.807) is 25.7 Å². The maximum absolute atomic E-state index is 12.7. The van der Waals surface area contributed by atoms with Crippen LogP contribution < -0.4 is 0 Å². The average molecular weight is 404 g/mol. The van der Waals surface area contributed by atoms with Gasteiger partial charge in [0.1, 0.15) is 5.60 Å². The molecule has 1 fully saturated rings. The van der Waals surface area contributed by atoms with E-state index in [4.69, 9.17) is 20.5 Å². The van der Waals surface area contributed by atoms with Gasteiger partial charge in [0.2, 0.25) is 0 Å². The molecule has 0 spiro atoms. The van der Waals surface area contributed by atoms with Gasteiger partial charge in [-0.15, -0.1) is 0 Å². The summed E-state index contributed by atoms with van der Waals surface area (Å²) in [5.74, 6) is 0. The Labute approximate surface area is 160 Å². The van der Waals surface area contributed by atoms with Crippen LogP contribution in [0.2, 0.25) is 5.02 Å². The Balaban J connectivity index is 2.16. The first-order valence-electron chi connectivity index (χ1n) is 8.55. The van der Waals surface area contributed by atoms with E-state index < -0.39 is 27.9 Å². The minimum Gasteiger partial charge on any atom is -0.444 e. The summed E-state index contributed by atoms with van der Waals surface area (Å²) in [5, 5.41) is 0.656. The van der Waals surface area contributed by atoms with Crippen molar-refractivity contribution in [3.63, 3.8) is 0 Å². The molecule has 0 N–H and O–H groups in total. The van der Waals surface area contributed by atoms with Gasteiger partial charge in [-0.05, 0) is 57.7 Å². The highest BCUT2D eigenvalue weighted by atomic mass is 35.5. The van der Waals surface area contributed by atoms with Gasteiger partial charge in [0, 0.05) is 11.1 Å². The lowest BCUT2D eigenvalue weighted by molar-refractivity contribution is -0.00720. The van der Waals surface area contributed by atoms with E-state index >= 15 is 0 Å². The van der Waals surface area contributed by atoms with Crippen molar-refractivity contribution in [1.29, 1.82) is 0 Å². The number of nitrogens with zero attached hydrogens (tertiary/aromatic N) is 1. The van der Waals surface area contributed by atoms with Gasteiger partial charge < -0.3 is 9.64 Å². The third kappa shape index (κ3) is 6.78. The molecule has 2 atom stereocenters. The number of amides is 1. The zero-order valence-corrected chi connectivity index (χ0v) is 17.1. The van der Waals surface area contributed by atoms with Crippen molar-refractivity contribution in [3.8, 4) is 0 Å². The number of ether oxygens (including phenoxy) is 1. The van der Waals surface area contributed by atoms with E-state index in [0.29, 0.717) is 24.3 Å². The lowest BCUT2D eigenvalue weighted by atomic mass is 9.94. The molecule has 0 saturated carbocycles. The minimum absolute atomic E-state index is 0.0922. The Morgan fingerprint density at radius 2 is 1.85 bits per heavy atom. The molecule has 26 heavy (non-hydrogen) atoms. The largest absolute Gasteiger partial charge is 0.444 e. The summed E-state index contributed by atoms with van der Waals surface area (Å²) in [5.41, 5.74) is 0.419. The van der Waals surface area contributed by atoms with Gasteiger partial charge in [0.25, 0.3) is 10.1 Å². The number of hydrogen-bond acceptors (Lipinski definition) is 5. The van der Waals surface area contributed by atoms with Crippen LogP contribution in [0.4, 0.5) is 4.79 Å². The first kappa shape index (κ1) is 21.0. The lowest BCUT2D eigenvalue weighted by Crippen LogP contribution is -2.52. The van der Waals surface area contributed by atoms with Gasteiger partial charge in [-0.2, -0.15) is 8.42 Å². The molecule has 146 valence electrons. The molecular weight excluding hydrogens is 378 g/mol. The van der Waals surface area contributed by atoms with E-state index in [9.17, 15) is 13.2 Å². The molecule has 1 aliphatic rings. The Hall–Kier alpha value is -1.31. The molecule has 6 nitrogen and oxygen atoms in total. The second kappa shape index (κ2) is 8.15. The van der Waals surface area contributed by atoms with E-state index in [1.807, 2.05) is 24.3 Å². The molecule has 0 unspecified atom stereocenters. The van der Waals surface area contributed by atoms with Crippen molar-refractivity contribution in [1.82, 2.24) is 4.90 Å². The molecule has 0 aromatic heterocycles.